The van der Waals surface area contributed by atoms with Crippen LogP contribution in [0.3, 0.4) is 0 Å². The number of ether oxygens (including phenoxy) is 1. The van der Waals surface area contributed by atoms with Gasteiger partial charge in [-0.1, -0.05) is 12.1 Å². The van der Waals surface area contributed by atoms with Gasteiger partial charge in [0, 0.05) is 24.4 Å². The molecule has 0 aliphatic carbocycles. The maximum atomic E-state index is 13.6. The molecule has 1 saturated heterocycles. The minimum atomic E-state index is -0.603. The summed E-state index contributed by atoms with van der Waals surface area (Å²) in [6.07, 6.45) is 1.87. The van der Waals surface area contributed by atoms with E-state index in [2.05, 4.69) is 4.98 Å². The number of nitrogens with two attached hydrogens (primary N) is 1. The number of pyridine rings is 1. The van der Waals surface area contributed by atoms with Crippen molar-refractivity contribution in [1.29, 1.82) is 0 Å². The van der Waals surface area contributed by atoms with Crippen molar-refractivity contribution in [2.45, 2.75) is 25.2 Å². The smallest absolute Gasteiger partial charge is 0.250 e. The average molecular weight is 421 g/mol. The lowest BCUT2D eigenvalue weighted by Gasteiger charge is -2.33. The molecule has 0 unspecified atom stereocenters. The van der Waals surface area contributed by atoms with Crippen LogP contribution < -0.4 is 10.5 Å². The number of fused-ring (bicyclic) bond motifs is 1. The molecule has 1 aliphatic heterocycles. The van der Waals surface area contributed by atoms with Crippen LogP contribution in [0.4, 0.5) is 4.39 Å². The van der Waals surface area contributed by atoms with E-state index in [1.165, 1.54) is 12.1 Å². The zero-order chi connectivity index (χ0) is 22.0. The second-order valence-electron chi connectivity index (χ2n) is 7.83. The van der Waals surface area contributed by atoms with Crippen LogP contribution in [0.2, 0.25) is 0 Å². The van der Waals surface area contributed by atoms with Gasteiger partial charge in [0.05, 0.1) is 30.3 Å². The molecule has 1 aliphatic rings. The van der Waals surface area contributed by atoms with Gasteiger partial charge >= 0.3 is 0 Å². The van der Waals surface area contributed by atoms with Crippen molar-refractivity contribution < 1.29 is 18.7 Å². The molecule has 2 amide bonds. The summed E-state index contributed by atoms with van der Waals surface area (Å²) in [7, 11) is 1.59. The van der Waals surface area contributed by atoms with E-state index in [1.54, 1.807) is 19.2 Å². The highest BCUT2D eigenvalue weighted by molar-refractivity contribution is 5.98. The van der Waals surface area contributed by atoms with E-state index in [0.717, 1.165) is 18.4 Å². The summed E-state index contributed by atoms with van der Waals surface area (Å²) in [5, 5.41) is 0.527. The van der Waals surface area contributed by atoms with Gasteiger partial charge < -0.3 is 15.4 Å². The zero-order valence-electron chi connectivity index (χ0n) is 17.3. The van der Waals surface area contributed by atoms with E-state index in [1.807, 2.05) is 29.2 Å². The predicted octanol–water partition coefficient (Wildman–Crippen LogP) is 3.43. The summed E-state index contributed by atoms with van der Waals surface area (Å²) in [5.41, 5.74) is 7.95. The van der Waals surface area contributed by atoms with Gasteiger partial charge in [-0.2, -0.15) is 0 Å². The van der Waals surface area contributed by atoms with Crippen molar-refractivity contribution in [3.63, 3.8) is 0 Å². The number of benzene rings is 2. The number of carbonyl (C=O) groups is 2. The molecule has 1 aromatic heterocycles. The molecule has 2 N–H and O–H groups in total. The number of methoxy groups -OCH3 is 1. The summed E-state index contributed by atoms with van der Waals surface area (Å²) in [6.45, 7) is 1.12. The molecule has 6 nitrogen and oxygen atoms in total. The van der Waals surface area contributed by atoms with Gasteiger partial charge in [0.1, 0.15) is 11.6 Å². The van der Waals surface area contributed by atoms with E-state index in [-0.39, 0.29) is 23.8 Å². The Kier molecular flexibility index (Phi) is 5.84. The Morgan fingerprint density at radius 1 is 1.23 bits per heavy atom. The highest BCUT2D eigenvalue weighted by Crippen LogP contribution is 2.30. The first kappa shape index (κ1) is 20.8. The van der Waals surface area contributed by atoms with Gasteiger partial charge in [0.2, 0.25) is 5.91 Å². The van der Waals surface area contributed by atoms with Gasteiger partial charge in [-0.05, 0) is 54.8 Å². The van der Waals surface area contributed by atoms with Crippen molar-refractivity contribution in [3.8, 4) is 5.75 Å². The Bertz CT molecular complexity index is 1150. The van der Waals surface area contributed by atoms with Gasteiger partial charge in [-0.3, -0.25) is 14.6 Å². The first-order valence-electron chi connectivity index (χ1n) is 10.3. The number of aromatic nitrogens is 1. The van der Waals surface area contributed by atoms with Crippen LogP contribution in [0.1, 0.15) is 40.4 Å². The fourth-order valence-corrected chi connectivity index (χ4v) is 4.17. The van der Waals surface area contributed by atoms with Crippen LogP contribution in [0.25, 0.3) is 10.9 Å². The molecule has 2 heterocycles. The molecule has 1 atom stereocenters. The summed E-state index contributed by atoms with van der Waals surface area (Å²) in [5.74, 6) is -0.385. The van der Waals surface area contributed by atoms with Gasteiger partial charge in [-0.25, -0.2) is 4.39 Å². The minimum absolute atomic E-state index is 0.0152. The molecule has 7 heteroatoms. The standard InChI is InChI=1S/C24H24FN3O3/c1-31-19-6-2-4-15(10-19)11-22(29)28-9-3-5-16(14-28)23-20(24(26)30)13-17-12-18(25)7-8-21(17)27-23/h2,4,6-8,10,12-13,16H,3,5,9,11,14H2,1H3,(H2,26,30)/t16-/m1/s1. The van der Waals surface area contributed by atoms with Crippen molar-refractivity contribution in [3.05, 3.63) is 71.2 Å². The van der Waals surface area contributed by atoms with E-state index in [9.17, 15) is 14.0 Å². The number of primary amides is 1. The lowest BCUT2D eigenvalue weighted by atomic mass is 9.90. The maximum absolute atomic E-state index is 13.6. The lowest BCUT2D eigenvalue weighted by molar-refractivity contribution is -0.131. The number of hydrogen-bond acceptors (Lipinski definition) is 4. The van der Waals surface area contributed by atoms with Crippen molar-refractivity contribution in [1.82, 2.24) is 9.88 Å². The zero-order valence-corrected chi connectivity index (χ0v) is 17.3. The SMILES string of the molecule is COc1cccc(CC(=O)N2CCC[C@@H](c3nc4ccc(F)cc4cc3C(N)=O)C2)c1. The predicted molar refractivity (Wildman–Crippen MR) is 115 cm³/mol. The number of amides is 2. The topological polar surface area (TPSA) is 85.5 Å². The largest absolute Gasteiger partial charge is 0.497 e. The van der Waals surface area contributed by atoms with Gasteiger partial charge in [0.25, 0.3) is 5.91 Å². The lowest BCUT2D eigenvalue weighted by Crippen LogP contribution is -2.40. The molecule has 0 saturated carbocycles. The van der Waals surface area contributed by atoms with Crippen LogP contribution in [-0.2, 0) is 11.2 Å². The van der Waals surface area contributed by atoms with Crippen LogP contribution in [-0.4, -0.2) is 41.9 Å². The third-order valence-electron chi connectivity index (χ3n) is 5.72. The summed E-state index contributed by atoms with van der Waals surface area (Å²) in [4.78, 5) is 31.5. The Morgan fingerprint density at radius 2 is 2.06 bits per heavy atom. The molecule has 31 heavy (non-hydrogen) atoms. The number of piperidine rings is 1. The van der Waals surface area contributed by atoms with E-state index < -0.39 is 11.7 Å². The molecular formula is C24H24FN3O3. The Morgan fingerprint density at radius 3 is 2.84 bits per heavy atom. The van der Waals surface area contributed by atoms with Crippen LogP contribution in [0.5, 0.6) is 5.75 Å². The first-order chi connectivity index (χ1) is 14.9. The third kappa shape index (κ3) is 4.50. The van der Waals surface area contributed by atoms with E-state index in [4.69, 9.17) is 10.5 Å². The second-order valence-corrected chi connectivity index (χ2v) is 7.83. The van der Waals surface area contributed by atoms with Crippen LogP contribution >= 0.6 is 0 Å². The molecule has 2 aromatic carbocycles. The maximum Gasteiger partial charge on any atom is 0.250 e. The molecule has 0 spiro atoms. The highest BCUT2D eigenvalue weighted by Gasteiger charge is 2.28. The number of nitrogens with zero attached hydrogens (tertiary/aromatic N) is 2. The second kappa shape index (κ2) is 8.71. The Hall–Kier alpha value is -3.48. The molecule has 3 aromatic rings. The summed E-state index contributed by atoms with van der Waals surface area (Å²) in [6, 6.07) is 13.3. The van der Waals surface area contributed by atoms with Crippen molar-refractivity contribution >= 4 is 22.7 Å². The number of likely N-dealkylation sites (tertiary alicyclic amines) is 1. The number of halogens is 1. The molecule has 0 bridgehead atoms. The van der Waals surface area contributed by atoms with E-state index >= 15 is 0 Å². The molecule has 160 valence electrons. The molecule has 4 rings (SSSR count). The molecular weight excluding hydrogens is 397 g/mol. The van der Waals surface area contributed by atoms with Crippen LogP contribution in [0.15, 0.2) is 48.5 Å². The van der Waals surface area contributed by atoms with Crippen LogP contribution in [0, 0.1) is 5.82 Å². The van der Waals surface area contributed by atoms with Crippen molar-refractivity contribution in [2.24, 2.45) is 5.73 Å². The molecule has 0 radical (unpaired) electrons. The number of rotatable bonds is 5. The monoisotopic (exact) mass is 421 g/mol. The average Bonchev–Trinajstić information content (AvgIpc) is 2.78. The quantitative estimate of drug-likeness (QED) is 0.684. The van der Waals surface area contributed by atoms with E-state index in [0.29, 0.717) is 35.4 Å². The van der Waals surface area contributed by atoms with Gasteiger partial charge in [-0.15, -0.1) is 0 Å². The number of carbonyl (C=O) groups excluding carboxylic acids is 2. The summed E-state index contributed by atoms with van der Waals surface area (Å²) >= 11 is 0. The minimum Gasteiger partial charge on any atom is -0.497 e. The first-order valence-corrected chi connectivity index (χ1v) is 10.3. The van der Waals surface area contributed by atoms with Crippen molar-refractivity contribution in [2.75, 3.05) is 20.2 Å². The fraction of sp³-hybridized carbons (Fsp3) is 0.292. The highest BCUT2D eigenvalue weighted by atomic mass is 19.1. The molecule has 1 fully saturated rings. The fourth-order valence-electron chi connectivity index (χ4n) is 4.17. The number of hydrogen-bond donors (Lipinski definition) is 1. The summed E-state index contributed by atoms with van der Waals surface area (Å²) < 4.78 is 18.8. The normalized spacial score (nSPS) is 16.3. The third-order valence-corrected chi connectivity index (χ3v) is 5.72. The van der Waals surface area contributed by atoms with Gasteiger partial charge in [0.15, 0.2) is 0 Å². The Balaban J connectivity index is 1.58. The Labute approximate surface area is 179 Å².